The molecule has 1 nitrogen and oxygen atoms in total. The standard InChI is InChI=1S/C13H23NS2/c1-6-11-7-8-12(16-11)10(2)14-9-13(3,4)15-5/h7-8,10,14H,6,9H2,1-5H3. The lowest BCUT2D eigenvalue weighted by atomic mass is 10.2. The molecule has 0 amide bonds. The second-order valence-corrected chi connectivity index (χ2v) is 7.44. The monoisotopic (exact) mass is 257 g/mol. The van der Waals surface area contributed by atoms with Crippen molar-refractivity contribution in [3.05, 3.63) is 21.9 Å². The maximum Gasteiger partial charge on any atom is 0.0386 e. The van der Waals surface area contributed by atoms with Gasteiger partial charge >= 0.3 is 0 Å². The van der Waals surface area contributed by atoms with Crippen LogP contribution in [0.3, 0.4) is 0 Å². The fourth-order valence-electron chi connectivity index (χ4n) is 1.39. The molecule has 92 valence electrons. The first-order valence-corrected chi connectivity index (χ1v) is 7.90. The minimum atomic E-state index is 0.319. The molecule has 0 aliphatic heterocycles. The quantitative estimate of drug-likeness (QED) is 0.823. The summed E-state index contributed by atoms with van der Waals surface area (Å²) >= 11 is 3.84. The largest absolute Gasteiger partial charge is 0.308 e. The van der Waals surface area contributed by atoms with Crippen LogP contribution in [-0.2, 0) is 6.42 Å². The summed E-state index contributed by atoms with van der Waals surface area (Å²) in [7, 11) is 0. The summed E-state index contributed by atoms with van der Waals surface area (Å²) in [6.07, 6.45) is 3.32. The summed E-state index contributed by atoms with van der Waals surface area (Å²) in [5.41, 5.74) is 0. The van der Waals surface area contributed by atoms with Gasteiger partial charge in [0.25, 0.3) is 0 Å². The summed E-state index contributed by atoms with van der Waals surface area (Å²) < 4.78 is 0.319. The Kier molecular flexibility index (Phi) is 5.35. The van der Waals surface area contributed by atoms with Crippen molar-refractivity contribution in [3.63, 3.8) is 0 Å². The van der Waals surface area contributed by atoms with Crippen molar-refractivity contribution in [1.29, 1.82) is 0 Å². The zero-order chi connectivity index (χ0) is 12.2. The summed E-state index contributed by atoms with van der Waals surface area (Å²) in [6, 6.07) is 4.97. The van der Waals surface area contributed by atoms with Crippen LogP contribution in [0, 0.1) is 0 Å². The van der Waals surface area contributed by atoms with Crippen LogP contribution in [0.5, 0.6) is 0 Å². The van der Waals surface area contributed by atoms with Gasteiger partial charge in [0.2, 0.25) is 0 Å². The third kappa shape index (κ3) is 4.11. The summed E-state index contributed by atoms with van der Waals surface area (Å²) in [4.78, 5) is 2.93. The van der Waals surface area contributed by atoms with E-state index < -0.39 is 0 Å². The number of hydrogen-bond acceptors (Lipinski definition) is 3. The number of thiophene rings is 1. The van der Waals surface area contributed by atoms with E-state index in [4.69, 9.17) is 0 Å². The molecule has 0 saturated heterocycles. The first kappa shape index (κ1) is 14.1. The molecule has 1 aromatic rings. The van der Waals surface area contributed by atoms with E-state index in [0.717, 1.165) is 13.0 Å². The third-order valence-corrected chi connectivity index (χ3v) is 5.51. The predicted octanol–water partition coefficient (Wildman–Crippen LogP) is 4.10. The van der Waals surface area contributed by atoms with E-state index in [1.807, 2.05) is 23.1 Å². The smallest absolute Gasteiger partial charge is 0.0386 e. The van der Waals surface area contributed by atoms with Gasteiger partial charge in [0.05, 0.1) is 0 Å². The van der Waals surface area contributed by atoms with Gasteiger partial charge in [0.1, 0.15) is 0 Å². The molecule has 16 heavy (non-hydrogen) atoms. The summed E-state index contributed by atoms with van der Waals surface area (Å²) in [6.45, 7) is 10.1. The molecule has 1 atom stereocenters. The van der Waals surface area contributed by atoms with Gasteiger partial charge in [-0.05, 0) is 45.6 Å². The lowest BCUT2D eigenvalue weighted by Gasteiger charge is -2.24. The average molecular weight is 257 g/mol. The van der Waals surface area contributed by atoms with Gasteiger partial charge < -0.3 is 5.32 Å². The normalized spacial score (nSPS) is 14.1. The van der Waals surface area contributed by atoms with Crippen molar-refractivity contribution in [2.45, 2.75) is 44.9 Å². The highest BCUT2D eigenvalue weighted by atomic mass is 32.2. The SMILES string of the molecule is CCc1ccc(C(C)NCC(C)(C)SC)s1. The molecular weight excluding hydrogens is 234 g/mol. The van der Waals surface area contributed by atoms with Gasteiger partial charge in [-0.15, -0.1) is 11.3 Å². The van der Waals surface area contributed by atoms with E-state index in [9.17, 15) is 0 Å². The van der Waals surface area contributed by atoms with Crippen LogP contribution in [0.15, 0.2) is 12.1 Å². The lowest BCUT2D eigenvalue weighted by molar-refractivity contribution is 0.528. The van der Waals surface area contributed by atoms with Gasteiger partial charge in [0.15, 0.2) is 0 Å². The van der Waals surface area contributed by atoms with E-state index in [1.165, 1.54) is 9.75 Å². The Hall–Kier alpha value is 0.01000. The van der Waals surface area contributed by atoms with E-state index in [2.05, 4.69) is 51.4 Å². The first-order valence-electron chi connectivity index (χ1n) is 5.85. The number of hydrogen-bond donors (Lipinski definition) is 1. The van der Waals surface area contributed by atoms with E-state index in [1.54, 1.807) is 0 Å². The van der Waals surface area contributed by atoms with Crippen molar-refractivity contribution >= 4 is 23.1 Å². The lowest BCUT2D eigenvalue weighted by Crippen LogP contribution is -2.33. The van der Waals surface area contributed by atoms with Crippen LogP contribution in [-0.4, -0.2) is 17.5 Å². The second kappa shape index (κ2) is 6.08. The molecule has 0 bridgehead atoms. The first-order chi connectivity index (χ1) is 7.48. The van der Waals surface area contributed by atoms with Gasteiger partial charge in [0, 0.05) is 27.1 Å². The van der Waals surface area contributed by atoms with Crippen molar-refractivity contribution in [2.75, 3.05) is 12.8 Å². The van der Waals surface area contributed by atoms with Crippen LogP contribution in [0.2, 0.25) is 0 Å². The molecule has 3 heteroatoms. The van der Waals surface area contributed by atoms with Gasteiger partial charge in [-0.1, -0.05) is 6.92 Å². The van der Waals surface area contributed by atoms with E-state index >= 15 is 0 Å². The Morgan fingerprint density at radius 2 is 2.12 bits per heavy atom. The van der Waals surface area contributed by atoms with E-state index in [-0.39, 0.29) is 0 Å². The molecule has 1 aromatic heterocycles. The molecule has 1 rings (SSSR count). The number of aryl methyl sites for hydroxylation is 1. The molecule has 1 N–H and O–H groups in total. The average Bonchev–Trinajstić information content (AvgIpc) is 2.74. The highest BCUT2D eigenvalue weighted by Gasteiger charge is 2.17. The molecule has 0 aliphatic rings. The predicted molar refractivity (Wildman–Crippen MR) is 77.7 cm³/mol. The fourth-order valence-corrected chi connectivity index (χ4v) is 2.60. The molecular formula is C13H23NS2. The van der Waals surface area contributed by atoms with Crippen molar-refractivity contribution in [1.82, 2.24) is 5.32 Å². The topological polar surface area (TPSA) is 12.0 Å². The number of nitrogens with one attached hydrogen (secondary N) is 1. The van der Waals surface area contributed by atoms with Gasteiger partial charge in [-0.3, -0.25) is 0 Å². The Labute approximate surface area is 108 Å². The van der Waals surface area contributed by atoms with Crippen LogP contribution >= 0.6 is 23.1 Å². The summed E-state index contributed by atoms with van der Waals surface area (Å²) in [5, 5.41) is 3.62. The van der Waals surface area contributed by atoms with Crippen molar-refractivity contribution in [2.24, 2.45) is 0 Å². The van der Waals surface area contributed by atoms with Crippen LogP contribution in [0.1, 0.15) is 43.5 Å². The van der Waals surface area contributed by atoms with Crippen LogP contribution in [0.25, 0.3) is 0 Å². The Morgan fingerprint density at radius 1 is 1.44 bits per heavy atom. The number of rotatable bonds is 6. The molecule has 0 spiro atoms. The minimum Gasteiger partial charge on any atom is -0.308 e. The Morgan fingerprint density at radius 3 is 2.62 bits per heavy atom. The Bertz CT molecular complexity index is 317. The molecule has 0 aliphatic carbocycles. The molecule has 0 saturated carbocycles. The zero-order valence-corrected chi connectivity index (χ0v) is 12.6. The van der Waals surface area contributed by atoms with Crippen LogP contribution in [0.4, 0.5) is 0 Å². The minimum absolute atomic E-state index is 0.319. The maximum atomic E-state index is 3.62. The fraction of sp³-hybridized carbons (Fsp3) is 0.692. The molecule has 1 unspecified atom stereocenters. The van der Waals surface area contributed by atoms with Gasteiger partial charge in [-0.25, -0.2) is 0 Å². The van der Waals surface area contributed by atoms with E-state index in [0.29, 0.717) is 10.8 Å². The summed E-state index contributed by atoms with van der Waals surface area (Å²) in [5.74, 6) is 0. The highest BCUT2D eigenvalue weighted by Crippen LogP contribution is 2.25. The molecule has 0 radical (unpaired) electrons. The number of thioether (sulfide) groups is 1. The second-order valence-electron chi connectivity index (χ2n) is 4.72. The molecule has 0 fully saturated rings. The third-order valence-electron chi connectivity index (χ3n) is 2.84. The van der Waals surface area contributed by atoms with Crippen LogP contribution < -0.4 is 5.32 Å². The van der Waals surface area contributed by atoms with Crippen molar-refractivity contribution in [3.8, 4) is 0 Å². The molecule has 0 aromatic carbocycles. The molecule has 1 heterocycles. The Balaban J connectivity index is 2.49. The highest BCUT2D eigenvalue weighted by molar-refractivity contribution is 7.99. The zero-order valence-electron chi connectivity index (χ0n) is 11.0. The maximum absolute atomic E-state index is 3.62. The van der Waals surface area contributed by atoms with Crippen molar-refractivity contribution < 1.29 is 0 Å². The van der Waals surface area contributed by atoms with Gasteiger partial charge in [-0.2, -0.15) is 11.8 Å².